The molecule has 0 radical (unpaired) electrons. The topological polar surface area (TPSA) is 9.86 Å². The molecule has 0 saturated heterocycles. The monoisotopic (exact) mass is 732 g/mol. The van der Waals surface area contributed by atoms with E-state index < -0.39 is 0 Å². The Labute approximate surface area is 329 Å². The van der Waals surface area contributed by atoms with Gasteiger partial charge in [-0.2, -0.15) is 0 Å². The molecule has 0 amide bonds. The van der Waals surface area contributed by atoms with Crippen molar-refractivity contribution in [2.24, 2.45) is 0 Å². The first-order valence-electron chi connectivity index (χ1n) is 19.2. The van der Waals surface area contributed by atoms with Gasteiger partial charge in [0.2, 0.25) is 0 Å². The number of para-hydroxylation sites is 1. The molecule has 264 valence electrons. The number of hydrogen-bond acceptors (Lipinski definition) is 1. The molecule has 0 atom stereocenters. The van der Waals surface area contributed by atoms with E-state index in [0.717, 1.165) is 22.6 Å². The first kappa shape index (κ1) is 32.5. The van der Waals surface area contributed by atoms with Gasteiger partial charge in [-0.3, -0.25) is 0 Å². The summed E-state index contributed by atoms with van der Waals surface area (Å²) in [6.45, 7) is 6.42. The van der Waals surface area contributed by atoms with E-state index in [1.54, 1.807) is 0 Å². The molecule has 0 saturated carbocycles. The molecule has 0 spiro atoms. The Kier molecular flexibility index (Phi) is 7.45. The van der Waals surface area contributed by atoms with Gasteiger partial charge in [0.25, 0.3) is 0 Å². The summed E-state index contributed by atoms with van der Waals surface area (Å²) in [5, 5.41) is 8.77. The number of benzene rings is 8. The van der Waals surface area contributed by atoms with E-state index in [9.17, 15) is 0 Å². The summed E-state index contributed by atoms with van der Waals surface area (Å²) in [5.41, 5.74) is 13.0. The van der Waals surface area contributed by atoms with Gasteiger partial charge < -0.3 is 9.13 Å². The normalized spacial score (nSPS) is 12.0. The Hall–Kier alpha value is -6.94. The summed E-state index contributed by atoms with van der Waals surface area (Å²) in [6, 6.07) is 62.3. The zero-order chi connectivity index (χ0) is 37.3. The Bertz CT molecular complexity index is 3370. The van der Waals surface area contributed by atoms with E-state index in [2.05, 4.69) is 205 Å². The Morgan fingerprint density at radius 2 is 1.18 bits per heavy atom. The van der Waals surface area contributed by atoms with Crippen LogP contribution < -0.4 is 0 Å². The maximum absolute atomic E-state index is 4.33. The molecular formula is C53H36N2S. The molecule has 0 aliphatic heterocycles. The van der Waals surface area contributed by atoms with Crippen molar-refractivity contribution >= 4 is 87.1 Å². The van der Waals surface area contributed by atoms with E-state index >= 15 is 0 Å². The second-order valence-corrected chi connectivity index (χ2v) is 15.6. The third-order valence-corrected chi connectivity index (χ3v) is 12.5. The van der Waals surface area contributed by atoms with E-state index in [1.165, 1.54) is 86.0 Å². The Morgan fingerprint density at radius 1 is 0.500 bits per heavy atom. The summed E-state index contributed by atoms with van der Waals surface area (Å²) in [4.78, 5) is 0. The van der Waals surface area contributed by atoms with Crippen LogP contribution in [0.4, 0.5) is 0 Å². The van der Waals surface area contributed by atoms with Crippen molar-refractivity contribution < 1.29 is 0 Å². The van der Waals surface area contributed by atoms with Gasteiger partial charge in [-0.25, -0.2) is 0 Å². The molecule has 11 rings (SSSR count). The number of allylic oxidation sites excluding steroid dienone is 1. The van der Waals surface area contributed by atoms with Crippen molar-refractivity contribution in [2.75, 3.05) is 0 Å². The summed E-state index contributed by atoms with van der Waals surface area (Å²) in [6.07, 6.45) is 6.37. The summed E-state index contributed by atoms with van der Waals surface area (Å²) < 4.78 is 7.45. The molecular weight excluding hydrogens is 697 g/mol. The molecule has 3 heterocycles. The number of nitrogens with zero attached hydrogens (tertiary/aromatic N) is 2. The van der Waals surface area contributed by atoms with Gasteiger partial charge in [-0.1, -0.05) is 134 Å². The average molecular weight is 733 g/mol. The van der Waals surface area contributed by atoms with Crippen LogP contribution in [0.2, 0.25) is 0 Å². The number of rotatable bonds is 6. The minimum atomic E-state index is 1.09. The van der Waals surface area contributed by atoms with E-state index in [1.807, 2.05) is 17.4 Å². The van der Waals surface area contributed by atoms with Crippen LogP contribution in [0, 0.1) is 0 Å². The molecule has 3 aromatic heterocycles. The molecule has 2 nitrogen and oxygen atoms in total. The van der Waals surface area contributed by atoms with Crippen LogP contribution in [0.25, 0.3) is 109 Å². The van der Waals surface area contributed by atoms with Crippen LogP contribution >= 0.6 is 11.3 Å². The fraction of sp³-hybridized carbons (Fsp3) is 0.0189. The van der Waals surface area contributed by atoms with Gasteiger partial charge in [0, 0.05) is 53.3 Å². The maximum atomic E-state index is 4.33. The lowest BCUT2D eigenvalue weighted by Gasteiger charge is -2.13. The maximum Gasteiger partial charge on any atom is 0.0640 e. The number of fused-ring (bicyclic) bond motifs is 9. The van der Waals surface area contributed by atoms with E-state index in [-0.39, 0.29) is 0 Å². The first-order chi connectivity index (χ1) is 27.7. The van der Waals surface area contributed by atoms with Gasteiger partial charge in [0.1, 0.15) is 0 Å². The zero-order valence-corrected chi connectivity index (χ0v) is 31.7. The number of thiophene rings is 1. The molecule has 3 heteroatoms. The van der Waals surface area contributed by atoms with Crippen LogP contribution in [0.5, 0.6) is 0 Å². The van der Waals surface area contributed by atoms with Gasteiger partial charge in [-0.05, 0) is 101 Å². The van der Waals surface area contributed by atoms with Gasteiger partial charge >= 0.3 is 0 Å². The van der Waals surface area contributed by atoms with Gasteiger partial charge in [-0.15, -0.1) is 11.3 Å². The molecule has 11 aromatic rings. The minimum absolute atomic E-state index is 1.09. The number of aromatic nitrogens is 2. The molecule has 56 heavy (non-hydrogen) atoms. The van der Waals surface area contributed by atoms with Crippen molar-refractivity contribution in [1.82, 2.24) is 9.13 Å². The third kappa shape index (κ3) is 4.88. The third-order valence-electron chi connectivity index (χ3n) is 11.4. The minimum Gasteiger partial charge on any atom is -0.309 e. The van der Waals surface area contributed by atoms with Crippen molar-refractivity contribution in [1.29, 1.82) is 0 Å². The highest BCUT2D eigenvalue weighted by atomic mass is 32.1. The summed E-state index contributed by atoms with van der Waals surface area (Å²) in [5.74, 6) is 0. The highest BCUT2D eigenvalue weighted by molar-refractivity contribution is 7.26. The predicted molar refractivity (Wildman–Crippen MR) is 244 cm³/mol. The lowest BCUT2D eigenvalue weighted by atomic mass is 9.95. The van der Waals surface area contributed by atoms with Crippen molar-refractivity contribution in [3.8, 4) is 33.6 Å². The fourth-order valence-corrected chi connectivity index (χ4v) is 10.1. The molecule has 0 aliphatic carbocycles. The van der Waals surface area contributed by atoms with E-state index in [0.29, 0.717) is 0 Å². The SMILES string of the molecule is C=Cc1c(/C=C\C)c2cc(-c3cc4sc5ccccc5c4c4c3c3ccccc3n4-c3ccc(-c4ccccc4)cc3)ccc2n1-c1ccc2ccccc2c1. The van der Waals surface area contributed by atoms with Crippen LogP contribution in [-0.4, -0.2) is 9.13 Å². The van der Waals surface area contributed by atoms with Gasteiger partial charge in [0.05, 0.1) is 22.2 Å². The fourth-order valence-electron chi connectivity index (χ4n) is 8.93. The Morgan fingerprint density at radius 3 is 2.00 bits per heavy atom. The van der Waals surface area contributed by atoms with Gasteiger partial charge in [0.15, 0.2) is 0 Å². The highest BCUT2D eigenvalue weighted by Crippen LogP contribution is 2.48. The smallest absolute Gasteiger partial charge is 0.0640 e. The van der Waals surface area contributed by atoms with Crippen molar-refractivity contribution in [2.45, 2.75) is 6.92 Å². The first-order valence-corrected chi connectivity index (χ1v) is 20.0. The second kappa shape index (κ2) is 12.8. The quantitative estimate of drug-likeness (QED) is 0.161. The molecule has 8 aromatic carbocycles. The van der Waals surface area contributed by atoms with Crippen LogP contribution in [0.3, 0.4) is 0 Å². The highest BCUT2D eigenvalue weighted by Gasteiger charge is 2.23. The van der Waals surface area contributed by atoms with Crippen LogP contribution in [0.15, 0.2) is 183 Å². The molecule has 0 fully saturated rings. The summed E-state index contributed by atoms with van der Waals surface area (Å²) in [7, 11) is 0. The lowest BCUT2D eigenvalue weighted by Crippen LogP contribution is -1.97. The van der Waals surface area contributed by atoms with Crippen molar-refractivity contribution in [3.05, 3.63) is 194 Å². The standard InChI is InChI=1S/C53H36N2S/c1-3-14-41-45-32-38(26-30-48(45)54(46(41)4-2)40-29-25-35-17-8-9-18-37(35)31-40)44-33-50-52(43-20-11-13-22-49(43)56-50)53-51(44)42-19-10-12-21-47(42)55(53)39-27-23-36(24-28-39)34-15-6-5-7-16-34/h3-33H,2H2,1H3/b14-3-. The molecule has 0 unspecified atom stereocenters. The largest absolute Gasteiger partial charge is 0.309 e. The molecule has 0 aliphatic rings. The average Bonchev–Trinajstić information content (AvgIpc) is 3.91. The predicted octanol–water partition coefficient (Wildman–Crippen LogP) is 15.3. The molecule has 0 bridgehead atoms. The molecule has 0 N–H and O–H groups in total. The van der Waals surface area contributed by atoms with Crippen LogP contribution in [0.1, 0.15) is 18.2 Å². The Balaban J connectivity index is 1.21. The zero-order valence-electron chi connectivity index (χ0n) is 30.9. The lowest BCUT2D eigenvalue weighted by molar-refractivity contribution is 1.11. The van der Waals surface area contributed by atoms with E-state index in [4.69, 9.17) is 0 Å². The summed E-state index contributed by atoms with van der Waals surface area (Å²) >= 11 is 1.88. The van der Waals surface area contributed by atoms with Crippen LogP contribution in [-0.2, 0) is 0 Å². The second-order valence-electron chi connectivity index (χ2n) is 14.5. The van der Waals surface area contributed by atoms with Crippen molar-refractivity contribution in [3.63, 3.8) is 0 Å². The number of hydrogen-bond donors (Lipinski definition) is 0.